The van der Waals surface area contributed by atoms with Gasteiger partial charge in [0.1, 0.15) is 0 Å². The second-order valence-electron chi connectivity index (χ2n) is 6.22. The Morgan fingerprint density at radius 1 is 0.519 bits per heavy atom. The lowest BCUT2D eigenvalue weighted by molar-refractivity contribution is 0.103. The summed E-state index contributed by atoms with van der Waals surface area (Å²) in [6, 6.07) is 36.0. The highest BCUT2D eigenvalue weighted by atomic mass is 32.2. The van der Waals surface area contributed by atoms with Crippen LogP contribution in [0.2, 0.25) is 0 Å². The summed E-state index contributed by atoms with van der Waals surface area (Å²) in [5, 5.41) is 0. The van der Waals surface area contributed by atoms with Crippen molar-refractivity contribution in [2.75, 3.05) is 0 Å². The first-order valence-corrected chi connectivity index (χ1v) is 9.64. The molecule has 0 heterocycles. The van der Waals surface area contributed by atoms with E-state index < -0.39 is 0 Å². The van der Waals surface area contributed by atoms with Crippen LogP contribution in [0.15, 0.2) is 119 Å². The average Bonchev–Trinajstić information content (AvgIpc) is 2.75. The first-order valence-electron chi connectivity index (χ1n) is 8.83. The lowest BCUT2D eigenvalue weighted by Crippen LogP contribution is -2.00. The van der Waals surface area contributed by atoms with Gasteiger partial charge in [0.05, 0.1) is 0 Å². The van der Waals surface area contributed by atoms with E-state index in [-0.39, 0.29) is 5.78 Å². The van der Waals surface area contributed by atoms with Gasteiger partial charge in [-0.25, -0.2) is 0 Å². The molecule has 4 aromatic rings. The predicted molar refractivity (Wildman–Crippen MR) is 112 cm³/mol. The van der Waals surface area contributed by atoms with Crippen LogP contribution >= 0.6 is 11.8 Å². The van der Waals surface area contributed by atoms with E-state index in [1.807, 2.05) is 72.8 Å². The summed E-state index contributed by atoms with van der Waals surface area (Å²) in [5.41, 5.74) is 3.58. The Morgan fingerprint density at radius 2 is 1.11 bits per heavy atom. The van der Waals surface area contributed by atoms with Crippen LogP contribution in [0.1, 0.15) is 15.9 Å². The molecule has 0 aliphatic heterocycles. The molecule has 0 aromatic heterocycles. The first-order chi connectivity index (χ1) is 13.3. The van der Waals surface area contributed by atoms with Crippen molar-refractivity contribution in [3.63, 3.8) is 0 Å². The van der Waals surface area contributed by atoms with Crippen molar-refractivity contribution >= 4 is 17.5 Å². The Labute approximate surface area is 163 Å². The molecule has 0 amide bonds. The number of carbonyl (C=O) groups excluding carboxylic acids is 1. The van der Waals surface area contributed by atoms with Gasteiger partial charge >= 0.3 is 0 Å². The van der Waals surface area contributed by atoms with Crippen LogP contribution in [-0.4, -0.2) is 5.78 Å². The van der Waals surface area contributed by atoms with E-state index >= 15 is 0 Å². The monoisotopic (exact) mass is 366 g/mol. The zero-order chi connectivity index (χ0) is 18.5. The predicted octanol–water partition coefficient (Wildman–Crippen LogP) is 6.74. The third-order valence-corrected chi connectivity index (χ3v) is 5.34. The summed E-state index contributed by atoms with van der Waals surface area (Å²) < 4.78 is 0. The van der Waals surface area contributed by atoms with Gasteiger partial charge in [-0.3, -0.25) is 4.79 Å². The normalized spacial score (nSPS) is 10.5. The van der Waals surface area contributed by atoms with Crippen LogP contribution in [-0.2, 0) is 0 Å². The Morgan fingerprint density at radius 3 is 1.81 bits per heavy atom. The molecule has 0 atom stereocenters. The molecule has 0 bridgehead atoms. The van der Waals surface area contributed by atoms with E-state index in [9.17, 15) is 4.79 Å². The summed E-state index contributed by atoms with van der Waals surface area (Å²) in [4.78, 5) is 15.1. The number of benzene rings is 4. The number of hydrogen-bond acceptors (Lipinski definition) is 2. The maximum Gasteiger partial charge on any atom is 0.193 e. The van der Waals surface area contributed by atoms with Crippen LogP contribution in [0.25, 0.3) is 11.1 Å². The Kier molecular flexibility index (Phi) is 5.17. The lowest BCUT2D eigenvalue weighted by Gasteiger charge is -2.07. The van der Waals surface area contributed by atoms with Crippen molar-refractivity contribution in [3.05, 3.63) is 120 Å². The van der Waals surface area contributed by atoms with E-state index in [1.165, 1.54) is 9.79 Å². The molecule has 0 saturated heterocycles. The fourth-order valence-corrected chi connectivity index (χ4v) is 3.77. The van der Waals surface area contributed by atoms with E-state index in [4.69, 9.17) is 0 Å². The first kappa shape index (κ1) is 17.3. The van der Waals surface area contributed by atoms with Gasteiger partial charge in [0.2, 0.25) is 0 Å². The SMILES string of the molecule is O=C(c1ccccc1)c1cccc(-c2ccc(Sc3ccccc3)cc2)c1. The summed E-state index contributed by atoms with van der Waals surface area (Å²) in [5.74, 6) is 0.0497. The van der Waals surface area contributed by atoms with Gasteiger partial charge in [0.25, 0.3) is 0 Å². The highest BCUT2D eigenvalue weighted by Gasteiger charge is 2.09. The van der Waals surface area contributed by atoms with Crippen LogP contribution in [0.4, 0.5) is 0 Å². The second-order valence-corrected chi connectivity index (χ2v) is 7.36. The maximum atomic E-state index is 12.7. The van der Waals surface area contributed by atoms with Gasteiger partial charge < -0.3 is 0 Å². The quantitative estimate of drug-likeness (QED) is 0.364. The molecule has 1 nitrogen and oxygen atoms in total. The molecule has 27 heavy (non-hydrogen) atoms. The molecule has 2 heteroatoms. The van der Waals surface area contributed by atoms with Crippen LogP contribution in [0, 0.1) is 0 Å². The van der Waals surface area contributed by atoms with Crippen LogP contribution in [0.3, 0.4) is 0 Å². The minimum atomic E-state index is 0.0497. The molecule has 0 radical (unpaired) electrons. The van der Waals surface area contributed by atoms with Gasteiger partial charge in [0.15, 0.2) is 5.78 Å². The van der Waals surface area contributed by atoms with Crippen molar-refractivity contribution in [3.8, 4) is 11.1 Å². The van der Waals surface area contributed by atoms with Crippen molar-refractivity contribution in [1.29, 1.82) is 0 Å². The molecule has 4 aromatic carbocycles. The Balaban J connectivity index is 1.56. The number of carbonyl (C=O) groups is 1. The third kappa shape index (κ3) is 4.18. The molecule has 0 aliphatic carbocycles. The average molecular weight is 366 g/mol. The van der Waals surface area contributed by atoms with Crippen LogP contribution in [0.5, 0.6) is 0 Å². The molecule has 0 spiro atoms. The molecule has 0 aliphatic rings. The molecule has 130 valence electrons. The highest BCUT2D eigenvalue weighted by Crippen LogP contribution is 2.30. The van der Waals surface area contributed by atoms with Crippen molar-refractivity contribution < 1.29 is 4.79 Å². The van der Waals surface area contributed by atoms with Crippen molar-refractivity contribution in [2.24, 2.45) is 0 Å². The van der Waals surface area contributed by atoms with Gasteiger partial charge in [-0.1, -0.05) is 90.6 Å². The second kappa shape index (κ2) is 8.07. The number of rotatable bonds is 5. The largest absolute Gasteiger partial charge is 0.289 e. The van der Waals surface area contributed by atoms with Crippen molar-refractivity contribution in [1.82, 2.24) is 0 Å². The molecular weight excluding hydrogens is 348 g/mol. The highest BCUT2D eigenvalue weighted by molar-refractivity contribution is 7.99. The number of ketones is 1. The molecule has 0 saturated carbocycles. The summed E-state index contributed by atoms with van der Waals surface area (Å²) in [6.45, 7) is 0. The summed E-state index contributed by atoms with van der Waals surface area (Å²) >= 11 is 1.74. The van der Waals surface area contributed by atoms with Gasteiger partial charge in [-0.15, -0.1) is 0 Å². The maximum absolute atomic E-state index is 12.7. The van der Waals surface area contributed by atoms with E-state index in [2.05, 4.69) is 36.4 Å². The molecule has 0 fully saturated rings. The summed E-state index contributed by atoms with van der Waals surface area (Å²) in [7, 11) is 0. The molecule has 0 unspecified atom stereocenters. The molecule has 0 N–H and O–H groups in total. The molecular formula is C25H18OS. The fraction of sp³-hybridized carbons (Fsp3) is 0. The lowest BCUT2D eigenvalue weighted by atomic mass is 9.98. The van der Waals surface area contributed by atoms with Crippen molar-refractivity contribution in [2.45, 2.75) is 9.79 Å². The Hall–Kier alpha value is -3.10. The smallest absolute Gasteiger partial charge is 0.193 e. The minimum Gasteiger partial charge on any atom is -0.289 e. The van der Waals surface area contributed by atoms with E-state index in [0.717, 1.165) is 11.1 Å². The van der Waals surface area contributed by atoms with E-state index in [0.29, 0.717) is 11.1 Å². The minimum absolute atomic E-state index is 0.0497. The topological polar surface area (TPSA) is 17.1 Å². The summed E-state index contributed by atoms with van der Waals surface area (Å²) in [6.07, 6.45) is 0. The third-order valence-electron chi connectivity index (χ3n) is 4.33. The van der Waals surface area contributed by atoms with Gasteiger partial charge in [0, 0.05) is 20.9 Å². The van der Waals surface area contributed by atoms with Crippen LogP contribution < -0.4 is 0 Å². The zero-order valence-corrected chi connectivity index (χ0v) is 15.5. The standard InChI is InChI=1S/C25H18OS/c26-25(20-8-3-1-4-9-20)22-11-7-10-21(18-22)19-14-16-24(17-15-19)27-23-12-5-2-6-13-23/h1-18H. The van der Waals surface area contributed by atoms with Gasteiger partial charge in [-0.05, 0) is 41.5 Å². The molecule has 4 rings (SSSR count). The Bertz CT molecular complexity index is 1040. The zero-order valence-electron chi connectivity index (χ0n) is 14.7. The van der Waals surface area contributed by atoms with Gasteiger partial charge in [-0.2, -0.15) is 0 Å². The number of hydrogen-bond donors (Lipinski definition) is 0. The van der Waals surface area contributed by atoms with E-state index in [1.54, 1.807) is 11.8 Å². The fourth-order valence-electron chi connectivity index (χ4n) is 2.94.